The monoisotopic (exact) mass is 215 g/mol. The van der Waals surface area contributed by atoms with Crippen LogP contribution in [0.15, 0.2) is 35.1 Å². The molecule has 0 aliphatic carbocycles. The van der Waals surface area contributed by atoms with Crippen LogP contribution in [0.4, 0.5) is 0 Å². The lowest BCUT2D eigenvalue weighted by atomic mass is 10.1. The third kappa shape index (κ3) is 1.84. The average molecular weight is 215 g/mol. The number of pyridine rings is 1. The fourth-order valence-corrected chi connectivity index (χ4v) is 1.57. The molecule has 0 spiro atoms. The fraction of sp³-hybridized carbons (Fsp3) is 0.154. The highest BCUT2D eigenvalue weighted by Crippen LogP contribution is 2.20. The van der Waals surface area contributed by atoms with E-state index in [1.54, 1.807) is 13.0 Å². The third-order valence-electron chi connectivity index (χ3n) is 2.56. The van der Waals surface area contributed by atoms with Gasteiger partial charge in [-0.1, -0.05) is 29.8 Å². The van der Waals surface area contributed by atoms with E-state index in [1.807, 2.05) is 31.2 Å². The predicted octanol–water partition coefficient (Wildman–Crippen LogP) is 2.36. The van der Waals surface area contributed by atoms with Gasteiger partial charge in [0.25, 0.3) is 5.56 Å². The Balaban J connectivity index is 2.57. The maximum atomic E-state index is 11.4. The van der Waals surface area contributed by atoms with Gasteiger partial charge in [0.2, 0.25) is 0 Å². The number of aromatic hydroxyl groups is 1. The molecule has 16 heavy (non-hydrogen) atoms. The summed E-state index contributed by atoms with van der Waals surface area (Å²) in [7, 11) is 0. The minimum Gasteiger partial charge on any atom is -0.503 e. The molecule has 3 heteroatoms. The van der Waals surface area contributed by atoms with Crippen molar-refractivity contribution in [1.82, 2.24) is 4.98 Å². The highest BCUT2D eigenvalue weighted by Gasteiger charge is 2.05. The Bertz CT molecular complexity index is 567. The van der Waals surface area contributed by atoms with Crippen molar-refractivity contribution in [3.05, 3.63) is 51.8 Å². The number of aryl methyl sites for hydroxylation is 2. The van der Waals surface area contributed by atoms with Crippen molar-refractivity contribution >= 4 is 0 Å². The summed E-state index contributed by atoms with van der Waals surface area (Å²) >= 11 is 0. The molecule has 0 saturated carbocycles. The van der Waals surface area contributed by atoms with Crippen LogP contribution in [0.3, 0.4) is 0 Å². The van der Waals surface area contributed by atoms with E-state index in [4.69, 9.17) is 0 Å². The average Bonchev–Trinajstić information content (AvgIpc) is 2.26. The number of aromatic amines is 1. The van der Waals surface area contributed by atoms with E-state index in [9.17, 15) is 9.90 Å². The summed E-state index contributed by atoms with van der Waals surface area (Å²) in [4.78, 5) is 14.0. The number of hydrogen-bond donors (Lipinski definition) is 2. The van der Waals surface area contributed by atoms with Gasteiger partial charge in [-0.15, -0.1) is 0 Å². The molecule has 0 saturated heterocycles. The summed E-state index contributed by atoms with van der Waals surface area (Å²) in [5, 5.41) is 9.38. The maximum absolute atomic E-state index is 11.4. The van der Waals surface area contributed by atoms with Crippen LogP contribution in [0.25, 0.3) is 11.3 Å². The highest BCUT2D eigenvalue weighted by atomic mass is 16.3. The lowest BCUT2D eigenvalue weighted by Crippen LogP contribution is -2.07. The Morgan fingerprint density at radius 1 is 1.12 bits per heavy atom. The molecule has 0 amide bonds. The summed E-state index contributed by atoms with van der Waals surface area (Å²) < 4.78 is 0. The zero-order valence-electron chi connectivity index (χ0n) is 9.24. The van der Waals surface area contributed by atoms with Gasteiger partial charge >= 0.3 is 0 Å². The van der Waals surface area contributed by atoms with Crippen LogP contribution in [0.1, 0.15) is 11.1 Å². The van der Waals surface area contributed by atoms with E-state index in [-0.39, 0.29) is 5.75 Å². The normalized spacial score (nSPS) is 10.4. The number of rotatable bonds is 1. The molecule has 2 N–H and O–H groups in total. The molecule has 0 atom stereocenters. The Kier molecular flexibility index (Phi) is 2.52. The second-order valence-electron chi connectivity index (χ2n) is 3.91. The zero-order valence-corrected chi connectivity index (χ0v) is 9.24. The van der Waals surface area contributed by atoms with Crippen molar-refractivity contribution in [2.24, 2.45) is 0 Å². The van der Waals surface area contributed by atoms with Gasteiger partial charge in [0.15, 0.2) is 5.75 Å². The van der Waals surface area contributed by atoms with Gasteiger partial charge in [0.1, 0.15) is 0 Å². The molecule has 0 unspecified atom stereocenters. The minimum absolute atomic E-state index is 0.212. The number of H-pyrrole nitrogens is 1. The smallest absolute Gasteiger partial charge is 0.290 e. The van der Waals surface area contributed by atoms with Crippen molar-refractivity contribution in [1.29, 1.82) is 0 Å². The SMILES string of the molecule is Cc1ccc(-c2cc(C)c(O)c(=O)[nH]2)cc1. The van der Waals surface area contributed by atoms with Gasteiger partial charge in [-0.25, -0.2) is 0 Å². The molecular formula is C13H13NO2. The quantitative estimate of drug-likeness (QED) is 0.767. The topological polar surface area (TPSA) is 53.1 Å². The first kappa shape index (κ1) is 10.5. The standard InChI is InChI=1S/C13H13NO2/c1-8-3-5-10(6-4-8)11-7-9(2)12(15)13(16)14-11/h3-7,15H,1-2H3,(H,14,16). The second-order valence-corrected chi connectivity index (χ2v) is 3.91. The molecule has 1 aromatic heterocycles. The summed E-state index contributed by atoms with van der Waals surface area (Å²) in [6.45, 7) is 3.72. The van der Waals surface area contributed by atoms with Gasteiger partial charge in [0, 0.05) is 5.69 Å². The minimum atomic E-state index is -0.449. The Morgan fingerprint density at radius 3 is 2.31 bits per heavy atom. The van der Waals surface area contributed by atoms with Crippen molar-refractivity contribution in [2.45, 2.75) is 13.8 Å². The Morgan fingerprint density at radius 2 is 1.75 bits per heavy atom. The molecule has 1 heterocycles. The molecule has 1 aromatic carbocycles. The van der Waals surface area contributed by atoms with E-state index in [1.165, 1.54) is 5.56 Å². The van der Waals surface area contributed by atoms with Gasteiger partial charge < -0.3 is 10.1 Å². The molecule has 0 radical (unpaired) electrons. The molecule has 2 rings (SSSR count). The van der Waals surface area contributed by atoms with E-state index in [0.29, 0.717) is 5.56 Å². The molecule has 0 fully saturated rings. The molecule has 3 nitrogen and oxygen atoms in total. The van der Waals surface area contributed by atoms with Gasteiger partial charge in [-0.2, -0.15) is 0 Å². The van der Waals surface area contributed by atoms with Crippen molar-refractivity contribution in [3.8, 4) is 17.0 Å². The van der Waals surface area contributed by atoms with Crippen LogP contribution >= 0.6 is 0 Å². The second kappa shape index (κ2) is 3.85. The zero-order chi connectivity index (χ0) is 11.7. The summed E-state index contributed by atoms with van der Waals surface area (Å²) in [5.74, 6) is -0.212. The largest absolute Gasteiger partial charge is 0.503 e. The van der Waals surface area contributed by atoms with Crippen LogP contribution in [0.5, 0.6) is 5.75 Å². The lowest BCUT2D eigenvalue weighted by molar-refractivity contribution is 0.462. The summed E-state index contributed by atoms with van der Waals surface area (Å²) in [5.41, 5.74) is 2.96. The van der Waals surface area contributed by atoms with E-state index >= 15 is 0 Å². The first-order valence-electron chi connectivity index (χ1n) is 5.08. The van der Waals surface area contributed by atoms with Crippen molar-refractivity contribution < 1.29 is 5.11 Å². The predicted molar refractivity (Wildman–Crippen MR) is 63.6 cm³/mol. The van der Waals surface area contributed by atoms with E-state index < -0.39 is 5.56 Å². The summed E-state index contributed by atoms with van der Waals surface area (Å²) in [6.07, 6.45) is 0. The Hall–Kier alpha value is -2.03. The number of benzene rings is 1. The van der Waals surface area contributed by atoms with Crippen LogP contribution in [0.2, 0.25) is 0 Å². The number of hydrogen-bond acceptors (Lipinski definition) is 2. The Labute approximate surface area is 93.4 Å². The fourth-order valence-electron chi connectivity index (χ4n) is 1.57. The molecular weight excluding hydrogens is 202 g/mol. The molecule has 82 valence electrons. The first-order valence-corrected chi connectivity index (χ1v) is 5.08. The molecule has 2 aromatic rings. The number of aromatic nitrogens is 1. The molecule has 0 aliphatic rings. The lowest BCUT2D eigenvalue weighted by Gasteiger charge is -2.04. The van der Waals surface area contributed by atoms with Crippen LogP contribution in [0, 0.1) is 13.8 Å². The first-order chi connectivity index (χ1) is 7.58. The van der Waals surface area contributed by atoms with Crippen molar-refractivity contribution in [2.75, 3.05) is 0 Å². The van der Waals surface area contributed by atoms with Crippen molar-refractivity contribution in [3.63, 3.8) is 0 Å². The summed E-state index contributed by atoms with van der Waals surface area (Å²) in [6, 6.07) is 9.61. The highest BCUT2D eigenvalue weighted by molar-refractivity contribution is 5.61. The van der Waals surface area contributed by atoms with Crippen LogP contribution in [-0.4, -0.2) is 10.1 Å². The maximum Gasteiger partial charge on any atom is 0.290 e. The van der Waals surface area contributed by atoms with Gasteiger partial charge in [0.05, 0.1) is 0 Å². The van der Waals surface area contributed by atoms with Gasteiger partial charge in [-0.05, 0) is 31.0 Å². The molecule has 0 aliphatic heterocycles. The van der Waals surface area contributed by atoms with E-state index in [0.717, 1.165) is 11.3 Å². The third-order valence-corrected chi connectivity index (χ3v) is 2.56. The molecule has 0 bridgehead atoms. The van der Waals surface area contributed by atoms with E-state index in [2.05, 4.69) is 4.98 Å². The van der Waals surface area contributed by atoms with Crippen LogP contribution in [-0.2, 0) is 0 Å². The van der Waals surface area contributed by atoms with Crippen LogP contribution < -0.4 is 5.56 Å². The number of nitrogens with one attached hydrogen (secondary N) is 1. The van der Waals surface area contributed by atoms with Gasteiger partial charge in [-0.3, -0.25) is 4.79 Å².